The zero-order valence-electron chi connectivity index (χ0n) is 12.7. The van der Waals surface area contributed by atoms with E-state index in [0.717, 1.165) is 15.7 Å². The van der Waals surface area contributed by atoms with Gasteiger partial charge in [0.15, 0.2) is 16.6 Å². The van der Waals surface area contributed by atoms with Crippen molar-refractivity contribution in [2.45, 2.75) is 6.54 Å². The maximum atomic E-state index is 6.15. The standard InChI is InChI=1S/C16H16BrClN2O2S/c1-21-14-6-3-10(7-15(14)22-2)9-19-16(23)20-13-5-4-11(17)8-12(13)18/h3-8H,9H2,1-2H3,(H2,19,20,23). The molecule has 2 rings (SSSR count). The summed E-state index contributed by atoms with van der Waals surface area (Å²) in [6.45, 7) is 0.556. The van der Waals surface area contributed by atoms with Gasteiger partial charge in [0.1, 0.15) is 0 Å². The summed E-state index contributed by atoms with van der Waals surface area (Å²) in [7, 11) is 3.22. The number of hydrogen-bond donors (Lipinski definition) is 2. The van der Waals surface area contributed by atoms with E-state index in [-0.39, 0.29) is 0 Å². The molecule has 0 aromatic heterocycles. The van der Waals surface area contributed by atoms with E-state index in [2.05, 4.69) is 26.6 Å². The highest BCUT2D eigenvalue weighted by Crippen LogP contribution is 2.28. The summed E-state index contributed by atoms with van der Waals surface area (Å²) in [5, 5.41) is 7.28. The lowest BCUT2D eigenvalue weighted by atomic mass is 10.2. The molecule has 0 saturated heterocycles. The van der Waals surface area contributed by atoms with Gasteiger partial charge in [0, 0.05) is 11.0 Å². The van der Waals surface area contributed by atoms with Gasteiger partial charge in [-0.25, -0.2) is 0 Å². The molecule has 23 heavy (non-hydrogen) atoms. The lowest BCUT2D eigenvalue weighted by Gasteiger charge is -2.13. The first-order chi connectivity index (χ1) is 11.0. The molecule has 7 heteroatoms. The summed E-state index contributed by atoms with van der Waals surface area (Å²) >= 11 is 14.8. The number of methoxy groups -OCH3 is 2. The summed E-state index contributed by atoms with van der Waals surface area (Å²) in [5.41, 5.74) is 1.77. The smallest absolute Gasteiger partial charge is 0.171 e. The van der Waals surface area contributed by atoms with Crippen LogP contribution in [0.3, 0.4) is 0 Å². The van der Waals surface area contributed by atoms with Crippen LogP contribution in [0.5, 0.6) is 11.5 Å². The molecule has 2 aromatic rings. The molecule has 0 atom stereocenters. The number of benzene rings is 2. The van der Waals surface area contributed by atoms with Crippen LogP contribution in [-0.4, -0.2) is 19.3 Å². The Bertz CT molecular complexity index is 712. The van der Waals surface area contributed by atoms with E-state index in [0.29, 0.717) is 28.2 Å². The minimum absolute atomic E-state index is 0.490. The number of anilines is 1. The summed E-state index contributed by atoms with van der Waals surface area (Å²) in [6, 6.07) is 11.3. The fourth-order valence-electron chi connectivity index (χ4n) is 1.93. The second-order valence-electron chi connectivity index (χ2n) is 4.62. The second-order valence-corrected chi connectivity index (χ2v) is 6.35. The van der Waals surface area contributed by atoms with Gasteiger partial charge in [0.2, 0.25) is 0 Å². The SMILES string of the molecule is COc1ccc(CNC(=S)Nc2ccc(Br)cc2Cl)cc1OC. The molecule has 0 aliphatic carbocycles. The van der Waals surface area contributed by atoms with Crippen molar-refractivity contribution >= 4 is 50.5 Å². The van der Waals surface area contributed by atoms with Crippen molar-refractivity contribution in [1.29, 1.82) is 0 Å². The van der Waals surface area contributed by atoms with Crippen LogP contribution < -0.4 is 20.1 Å². The van der Waals surface area contributed by atoms with Crippen LogP contribution in [0.15, 0.2) is 40.9 Å². The quantitative estimate of drug-likeness (QED) is 0.698. The molecule has 0 aliphatic rings. The normalized spacial score (nSPS) is 10.1. The molecule has 0 radical (unpaired) electrons. The molecule has 4 nitrogen and oxygen atoms in total. The number of hydrogen-bond acceptors (Lipinski definition) is 3. The third kappa shape index (κ3) is 4.99. The molecule has 0 fully saturated rings. The number of ether oxygens (including phenoxy) is 2. The molecule has 0 amide bonds. The van der Waals surface area contributed by atoms with E-state index in [4.69, 9.17) is 33.3 Å². The molecule has 2 N–H and O–H groups in total. The largest absolute Gasteiger partial charge is 0.493 e. The number of thiocarbonyl (C=S) groups is 1. The molecule has 0 saturated carbocycles. The van der Waals surface area contributed by atoms with E-state index in [1.54, 1.807) is 20.3 Å². The zero-order chi connectivity index (χ0) is 16.8. The van der Waals surface area contributed by atoms with E-state index in [9.17, 15) is 0 Å². The first-order valence-corrected chi connectivity index (χ1v) is 8.32. The van der Waals surface area contributed by atoms with Crippen molar-refractivity contribution in [1.82, 2.24) is 5.32 Å². The van der Waals surface area contributed by atoms with Gasteiger partial charge in [0.25, 0.3) is 0 Å². The van der Waals surface area contributed by atoms with Gasteiger partial charge < -0.3 is 20.1 Å². The fraction of sp³-hybridized carbons (Fsp3) is 0.188. The van der Waals surface area contributed by atoms with E-state index in [1.807, 2.05) is 30.3 Å². The minimum Gasteiger partial charge on any atom is -0.493 e. The Labute approximate surface area is 154 Å². The molecule has 0 bridgehead atoms. The van der Waals surface area contributed by atoms with Crippen LogP contribution in [0, 0.1) is 0 Å². The van der Waals surface area contributed by atoms with Gasteiger partial charge in [-0.3, -0.25) is 0 Å². The van der Waals surface area contributed by atoms with Crippen molar-refractivity contribution in [2.75, 3.05) is 19.5 Å². The highest BCUT2D eigenvalue weighted by molar-refractivity contribution is 9.10. The third-order valence-electron chi connectivity index (χ3n) is 3.08. The Balaban J connectivity index is 1.96. The highest BCUT2D eigenvalue weighted by atomic mass is 79.9. The first-order valence-electron chi connectivity index (χ1n) is 6.74. The number of halogens is 2. The molecular formula is C16H16BrClN2O2S. The molecule has 0 spiro atoms. The van der Waals surface area contributed by atoms with Gasteiger partial charge in [-0.1, -0.05) is 33.6 Å². The lowest BCUT2D eigenvalue weighted by molar-refractivity contribution is 0.354. The topological polar surface area (TPSA) is 42.5 Å². The average Bonchev–Trinajstić information content (AvgIpc) is 2.55. The van der Waals surface area contributed by atoms with E-state index in [1.165, 1.54) is 0 Å². The van der Waals surface area contributed by atoms with Crippen LogP contribution in [0.25, 0.3) is 0 Å². The molecular weight excluding hydrogens is 400 g/mol. The van der Waals surface area contributed by atoms with Crippen LogP contribution in [0.2, 0.25) is 5.02 Å². The molecule has 2 aromatic carbocycles. The Kier molecular flexibility index (Phi) is 6.50. The summed E-state index contributed by atoms with van der Waals surface area (Å²) in [5.74, 6) is 1.38. The maximum Gasteiger partial charge on any atom is 0.171 e. The fourth-order valence-corrected chi connectivity index (χ4v) is 2.83. The predicted molar refractivity (Wildman–Crippen MR) is 102 cm³/mol. The Hall–Kier alpha value is -1.50. The third-order valence-corrected chi connectivity index (χ3v) is 4.13. The van der Waals surface area contributed by atoms with Gasteiger partial charge in [0.05, 0.1) is 24.9 Å². The van der Waals surface area contributed by atoms with E-state index >= 15 is 0 Å². The van der Waals surface area contributed by atoms with Crippen molar-refractivity contribution in [3.63, 3.8) is 0 Å². The summed E-state index contributed by atoms with van der Waals surface area (Å²) in [4.78, 5) is 0. The second kappa shape index (κ2) is 8.38. The average molecular weight is 416 g/mol. The van der Waals surface area contributed by atoms with E-state index < -0.39 is 0 Å². The molecule has 0 unspecified atom stereocenters. The molecule has 0 aliphatic heterocycles. The lowest BCUT2D eigenvalue weighted by Crippen LogP contribution is -2.28. The maximum absolute atomic E-state index is 6.15. The monoisotopic (exact) mass is 414 g/mol. The van der Waals surface area contributed by atoms with Crippen LogP contribution >= 0.6 is 39.7 Å². The first kappa shape index (κ1) is 17.8. The Morgan fingerprint density at radius 3 is 2.52 bits per heavy atom. The van der Waals surface area contributed by atoms with Crippen LogP contribution in [0.4, 0.5) is 5.69 Å². The molecule has 0 heterocycles. The summed E-state index contributed by atoms with van der Waals surface area (Å²) in [6.07, 6.45) is 0. The van der Waals surface area contributed by atoms with Crippen molar-refractivity contribution in [2.24, 2.45) is 0 Å². The van der Waals surface area contributed by atoms with Crippen molar-refractivity contribution in [3.8, 4) is 11.5 Å². The van der Waals surface area contributed by atoms with Gasteiger partial charge in [-0.05, 0) is 48.1 Å². The predicted octanol–water partition coefficient (Wildman–Crippen LogP) is 4.61. The molecule has 122 valence electrons. The number of nitrogens with one attached hydrogen (secondary N) is 2. The summed E-state index contributed by atoms with van der Waals surface area (Å²) < 4.78 is 11.4. The van der Waals surface area contributed by atoms with Gasteiger partial charge >= 0.3 is 0 Å². The zero-order valence-corrected chi connectivity index (χ0v) is 15.8. The highest BCUT2D eigenvalue weighted by Gasteiger charge is 2.06. The minimum atomic E-state index is 0.490. The van der Waals surface area contributed by atoms with Gasteiger partial charge in [-0.15, -0.1) is 0 Å². The van der Waals surface area contributed by atoms with Crippen molar-refractivity contribution in [3.05, 3.63) is 51.5 Å². The van der Waals surface area contributed by atoms with Crippen molar-refractivity contribution < 1.29 is 9.47 Å². The Morgan fingerprint density at radius 1 is 1.13 bits per heavy atom. The van der Waals surface area contributed by atoms with Crippen LogP contribution in [-0.2, 0) is 6.54 Å². The number of rotatable bonds is 5. The van der Waals surface area contributed by atoms with Crippen LogP contribution in [0.1, 0.15) is 5.56 Å². The van der Waals surface area contributed by atoms with Gasteiger partial charge in [-0.2, -0.15) is 0 Å². The Morgan fingerprint density at radius 2 is 1.87 bits per heavy atom.